The van der Waals surface area contributed by atoms with Crippen LogP contribution in [0.4, 0.5) is 0 Å². The summed E-state index contributed by atoms with van der Waals surface area (Å²) in [6.07, 6.45) is 9.61. The Bertz CT molecular complexity index is 878. The Kier molecular flexibility index (Phi) is 7.39. The fourth-order valence-corrected chi connectivity index (χ4v) is 6.37. The summed E-state index contributed by atoms with van der Waals surface area (Å²) in [7, 11) is -3.45. The Balaban J connectivity index is 1.88. The molecule has 1 atom stereocenters. The summed E-state index contributed by atoms with van der Waals surface area (Å²) >= 11 is 0. The minimum Gasteiger partial charge on any atom is -0.207 e. The Hall–Kier alpha value is -1.39. The summed E-state index contributed by atoms with van der Waals surface area (Å²) in [5, 5.41) is 0. The number of rotatable bonds is 9. The number of aryl methyl sites for hydroxylation is 1. The van der Waals surface area contributed by atoms with Gasteiger partial charge in [0.25, 0.3) is 0 Å². The van der Waals surface area contributed by atoms with Crippen molar-refractivity contribution in [1.29, 1.82) is 0 Å². The maximum absolute atomic E-state index is 13.3. The van der Waals surface area contributed by atoms with Gasteiger partial charge >= 0.3 is 0 Å². The van der Waals surface area contributed by atoms with Gasteiger partial charge in [0, 0.05) is 13.1 Å². The number of hydrogen-bond acceptors (Lipinski definition) is 2. The second-order valence-corrected chi connectivity index (χ2v) is 10.6. The molecule has 2 aliphatic rings. The minimum absolute atomic E-state index is 0.412. The molecule has 1 aliphatic heterocycles. The second kappa shape index (κ2) is 9.61. The number of sulfonamides is 1. The van der Waals surface area contributed by atoms with Gasteiger partial charge < -0.3 is 0 Å². The molecule has 3 nitrogen and oxygen atoms in total. The van der Waals surface area contributed by atoms with Crippen LogP contribution >= 0.6 is 0 Å². The average molecular weight is 416 g/mol. The lowest BCUT2D eigenvalue weighted by molar-refractivity contribution is 0.480. The lowest BCUT2D eigenvalue weighted by atomic mass is 9.75. The molecule has 1 fully saturated rings. The highest BCUT2D eigenvalue weighted by molar-refractivity contribution is 7.89. The van der Waals surface area contributed by atoms with Crippen molar-refractivity contribution in [2.24, 2.45) is 5.92 Å². The van der Waals surface area contributed by atoms with E-state index in [9.17, 15) is 8.42 Å². The van der Waals surface area contributed by atoms with Gasteiger partial charge in [-0.2, -0.15) is 4.31 Å². The molecule has 1 aliphatic carbocycles. The molecule has 1 heterocycles. The van der Waals surface area contributed by atoms with E-state index in [1.807, 2.05) is 19.1 Å². The Morgan fingerprint density at radius 1 is 0.931 bits per heavy atom. The van der Waals surface area contributed by atoms with Gasteiger partial charge in [-0.25, -0.2) is 8.42 Å². The van der Waals surface area contributed by atoms with E-state index in [2.05, 4.69) is 20.8 Å². The molecule has 4 heteroatoms. The molecule has 3 rings (SSSR count). The number of unbranched alkanes of at least 4 members (excludes halogenated alkanes) is 3. The molecular weight excluding hydrogens is 378 g/mol. The van der Waals surface area contributed by atoms with Gasteiger partial charge in [0.05, 0.1) is 4.90 Å². The zero-order valence-electron chi connectivity index (χ0n) is 18.6. The van der Waals surface area contributed by atoms with Gasteiger partial charge in [0.15, 0.2) is 0 Å². The summed E-state index contributed by atoms with van der Waals surface area (Å²) in [6, 6.07) is 7.26. The first-order valence-electron chi connectivity index (χ1n) is 11.4. The highest BCUT2D eigenvalue weighted by Gasteiger charge is 2.38. The van der Waals surface area contributed by atoms with Crippen molar-refractivity contribution < 1.29 is 8.42 Å². The van der Waals surface area contributed by atoms with E-state index < -0.39 is 10.0 Å². The number of hydrogen-bond donors (Lipinski definition) is 0. The summed E-state index contributed by atoms with van der Waals surface area (Å²) in [5.74, 6) is 0.604. The molecule has 29 heavy (non-hydrogen) atoms. The molecule has 0 bridgehead atoms. The summed E-state index contributed by atoms with van der Waals surface area (Å²) in [5.41, 5.74) is 6.75. The SMILES string of the molecule is CCCCCCC1CC(CC)=C2CN(S(=O)(=O)c3ccc(C)cc3)CC2=C1CC. The Labute approximate surface area is 177 Å². The Morgan fingerprint density at radius 2 is 1.62 bits per heavy atom. The van der Waals surface area contributed by atoms with E-state index in [0.717, 1.165) is 24.8 Å². The fraction of sp³-hybridized carbons (Fsp3) is 0.600. The topological polar surface area (TPSA) is 37.4 Å². The summed E-state index contributed by atoms with van der Waals surface area (Å²) in [4.78, 5) is 0.412. The second-order valence-electron chi connectivity index (χ2n) is 8.63. The third-order valence-electron chi connectivity index (χ3n) is 6.71. The lowest BCUT2D eigenvalue weighted by Crippen LogP contribution is -2.28. The quantitative estimate of drug-likeness (QED) is 0.437. The van der Waals surface area contributed by atoms with Crippen LogP contribution in [0.15, 0.2) is 51.5 Å². The maximum atomic E-state index is 13.3. The summed E-state index contributed by atoms with van der Waals surface area (Å²) < 4.78 is 28.3. The molecule has 0 radical (unpaired) electrons. The van der Waals surface area contributed by atoms with E-state index in [1.54, 1.807) is 16.4 Å². The van der Waals surface area contributed by atoms with Gasteiger partial charge in [-0.1, -0.05) is 75.3 Å². The number of fused-ring (bicyclic) bond motifs is 1. The molecule has 1 aromatic rings. The standard InChI is InChI=1S/C25H37NO2S/c1-5-8-9-10-11-21-16-20(6-2)24-17-26(18-25(24)23(21)7-3)29(27,28)22-14-12-19(4)13-15-22/h12-15,21H,5-11,16-18H2,1-4H3. The smallest absolute Gasteiger partial charge is 0.207 e. The predicted molar refractivity (Wildman–Crippen MR) is 121 cm³/mol. The fourth-order valence-electron chi connectivity index (χ4n) is 4.99. The summed E-state index contributed by atoms with van der Waals surface area (Å²) in [6.45, 7) is 9.80. The number of nitrogens with zero attached hydrogens (tertiary/aromatic N) is 1. The van der Waals surface area contributed by atoms with E-state index >= 15 is 0 Å². The molecule has 0 spiro atoms. The number of benzene rings is 1. The first-order valence-corrected chi connectivity index (χ1v) is 12.9. The average Bonchev–Trinajstić information content (AvgIpc) is 3.17. The molecule has 0 amide bonds. The zero-order valence-corrected chi connectivity index (χ0v) is 19.4. The van der Waals surface area contributed by atoms with Gasteiger partial charge in [0.2, 0.25) is 10.0 Å². The monoisotopic (exact) mass is 415 g/mol. The van der Waals surface area contributed by atoms with E-state index in [1.165, 1.54) is 54.4 Å². The lowest BCUT2D eigenvalue weighted by Gasteiger charge is -2.29. The van der Waals surface area contributed by atoms with Crippen molar-refractivity contribution >= 4 is 10.0 Å². The normalized spacial score (nSPS) is 20.5. The van der Waals surface area contributed by atoms with Crippen LogP contribution in [-0.4, -0.2) is 25.8 Å². The zero-order chi connectivity index (χ0) is 21.0. The highest BCUT2D eigenvalue weighted by atomic mass is 32.2. The van der Waals surface area contributed by atoms with Gasteiger partial charge in [-0.05, 0) is 61.8 Å². The highest BCUT2D eigenvalue weighted by Crippen LogP contribution is 2.44. The molecule has 0 aromatic heterocycles. The van der Waals surface area contributed by atoms with Crippen molar-refractivity contribution in [3.63, 3.8) is 0 Å². The van der Waals surface area contributed by atoms with Crippen LogP contribution in [0, 0.1) is 12.8 Å². The van der Waals surface area contributed by atoms with Gasteiger partial charge in [-0.3, -0.25) is 0 Å². The van der Waals surface area contributed by atoms with E-state index in [-0.39, 0.29) is 0 Å². The van der Waals surface area contributed by atoms with Crippen LogP contribution < -0.4 is 0 Å². The third kappa shape index (κ3) is 4.69. The van der Waals surface area contributed by atoms with Crippen molar-refractivity contribution in [1.82, 2.24) is 4.31 Å². The molecule has 1 saturated heterocycles. The maximum Gasteiger partial charge on any atom is 0.243 e. The molecule has 1 aromatic carbocycles. The molecular formula is C25H37NO2S. The van der Waals surface area contributed by atoms with Crippen molar-refractivity contribution in [2.45, 2.75) is 84.0 Å². The molecule has 1 unspecified atom stereocenters. The van der Waals surface area contributed by atoms with Crippen molar-refractivity contribution in [3.8, 4) is 0 Å². The molecule has 0 saturated carbocycles. The Morgan fingerprint density at radius 3 is 2.24 bits per heavy atom. The van der Waals surface area contributed by atoms with Crippen LogP contribution in [0.2, 0.25) is 0 Å². The van der Waals surface area contributed by atoms with Crippen LogP contribution in [0.5, 0.6) is 0 Å². The third-order valence-corrected chi connectivity index (χ3v) is 8.51. The van der Waals surface area contributed by atoms with Crippen molar-refractivity contribution in [2.75, 3.05) is 13.1 Å². The molecule has 160 valence electrons. The minimum atomic E-state index is -3.45. The van der Waals surface area contributed by atoms with E-state index in [4.69, 9.17) is 0 Å². The molecule has 0 N–H and O–H groups in total. The van der Waals surface area contributed by atoms with Gasteiger partial charge in [-0.15, -0.1) is 0 Å². The van der Waals surface area contributed by atoms with Crippen LogP contribution in [-0.2, 0) is 10.0 Å². The first kappa shape index (κ1) is 22.3. The predicted octanol–water partition coefficient (Wildman–Crippen LogP) is 6.40. The van der Waals surface area contributed by atoms with E-state index in [0.29, 0.717) is 23.9 Å². The van der Waals surface area contributed by atoms with Crippen LogP contribution in [0.3, 0.4) is 0 Å². The largest absolute Gasteiger partial charge is 0.243 e. The van der Waals surface area contributed by atoms with Crippen molar-refractivity contribution in [3.05, 3.63) is 52.1 Å². The van der Waals surface area contributed by atoms with Crippen LogP contribution in [0.1, 0.15) is 77.7 Å². The first-order chi connectivity index (χ1) is 13.9. The van der Waals surface area contributed by atoms with Crippen LogP contribution in [0.25, 0.3) is 0 Å². The van der Waals surface area contributed by atoms with Gasteiger partial charge in [0.1, 0.15) is 0 Å². The number of allylic oxidation sites excluding steroid dienone is 2.